The molecule has 0 bridgehead atoms. The maximum Gasteiger partial charge on any atom is 0.365 e. The van der Waals surface area contributed by atoms with E-state index in [9.17, 15) is 4.79 Å². The van der Waals surface area contributed by atoms with Crippen molar-refractivity contribution in [1.29, 1.82) is 0 Å². The Kier molecular flexibility index (Phi) is 4.71. The van der Waals surface area contributed by atoms with E-state index in [1.165, 1.54) is 11.3 Å². The molecule has 4 nitrogen and oxygen atoms in total. The monoisotopic (exact) mass is 228 g/mol. The summed E-state index contributed by atoms with van der Waals surface area (Å²) in [6.45, 7) is 5.92. The second-order valence-corrected chi connectivity index (χ2v) is 4.45. The zero-order chi connectivity index (χ0) is 11.3. The van der Waals surface area contributed by atoms with E-state index in [2.05, 4.69) is 24.1 Å². The first-order valence-electron chi connectivity index (χ1n) is 5.02. The molecule has 1 atom stereocenters. The van der Waals surface area contributed by atoms with E-state index in [1.54, 1.807) is 5.38 Å². The van der Waals surface area contributed by atoms with Gasteiger partial charge in [-0.2, -0.15) is 0 Å². The summed E-state index contributed by atoms with van der Waals surface area (Å²) in [5.74, 6) is -0.309. The average molecular weight is 228 g/mol. The van der Waals surface area contributed by atoms with E-state index in [0.717, 1.165) is 18.7 Å². The van der Waals surface area contributed by atoms with Crippen molar-refractivity contribution in [3.63, 3.8) is 0 Å². The molecule has 0 fully saturated rings. The molecule has 0 amide bonds. The van der Waals surface area contributed by atoms with Gasteiger partial charge in [-0.25, -0.2) is 9.78 Å². The van der Waals surface area contributed by atoms with E-state index >= 15 is 0 Å². The van der Waals surface area contributed by atoms with Crippen LogP contribution in [0, 0.1) is 5.92 Å². The zero-order valence-corrected chi connectivity index (χ0v) is 9.80. The van der Waals surface area contributed by atoms with Crippen molar-refractivity contribution in [2.24, 2.45) is 5.92 Å². The van der Waals surface area contributed by atoms with Gasteiger partial charge in [-0.3, -0.25) is 0 Å². The molecule has 0 radical (unpaired) electrons. The number of carboxylic acids is 1. The van der Waals surface area contributed by atoms with Crippen LogP contribution in [-0.2, 0) is 6.54 Å². The minimum absolute atomic E-state index is 0.162. The average Bonchev–Trinajstić information content (AvgIpc) is 2.66. The summed E-state index contributed by atoms with van der Waals surface area (Å²) in [6.07, 6.45) is 1.14. The van der Waals surface area contributed by atoms with Gasteiger partial charge in [0.2, 0.25) is 5.01 Å². The number of aromatic carboxylic acids is 1. The normalized spacial score (nSPS) is 12.7. The predicted molar refractivity (Wildman–Crippen MR) is 60.2 cm³/mol. The standard InChI is InChI=1S/C10H16N2O2S/c1-3-7(2)4-11-5-8-6-15-9(12-8)10(13)14/h6-7,11H,3-5H2,1-2H3,(H,13,14). The molecule has 0 saturated carbocycles. The van der Waals surface area contributed by atoms with Crippen LogP contribution in [0.2, 0.25) is 0 Å². The maximum absolute atomic E-state index is 10.6. The molecule has 5 heteroatoms. The van der Waals surface area contributed by atoms with Gasteiger partial charge < -0.3 is 10.4 Å². The van der Waals surface area contributed by atoms with Gasteiger partial charge >= 0.3 is 5.97 Å². The number of carboxylic acid groups (broad SMARTS) is 1. The number of carbonyl (C=O) groups is 1. The maximum atomic E-state index is 10.6. The molecule has 1 aromatic heterocycles. The second-order valence-electron chi connectivity index (χ2n) is 3.59. The molecule has 0 aliphatic carbocycles. The Hall–Kier alpha value is -0.940. The molecule has 2 N–H and O–H groups in total. The minimum atomic E-state index is -0.951. The smallest absolute Gasteiger partial charge is 0.365 e. The van der Waals surface area contributed by atoms with Crippen LogP contribution in [0.1, 0.15) is 35.8 Å². The van der Waals surface area contributed by atoms with Crippen LogP contribution in [0.25, 0.3) is 0 Å². The molecular weight excluding hydrogens is 212 g/mol. The predicted octanol–water partition coefficient (Wildman–Crippen LogP) is 1.98. The van der Waals surface area contributed by atoms with Crippen LogP contribution in [0.5, 0.6) is 0 Å². The topological polar surface area (TPSA) is 62.2 Å². The van der Waals surface area contributed by atoms with Gasteiger partial charge in [0, 0.05) is 11.9 Å². The second kappa shape index (κ2) is 5.82. The summed E-state index contributed by atoms with van der Waals surface area (Å²) in [4.78, 5) is 14.6. The highest BCUT2D eigenvalue weighted by atomic mass is 32.1. The van der Waals surface area contributed by atoms with Gasteiger partial charge in [0.25, 0.3) is 0 Å². The van der Waals surface area contributed by atoms with Crippen molar-refractivity contribution in [2.75, 3.05) is 6.54 Å². The summed E-state index contributed by atoms with van der Waals surface area (Å²) < 4.78 is 0. The molecule has 0 aromatic carbocycles. The lowest BCUT2D eigenvalue weighted by atomic mass is 10.1. The third kappa shape index (κ3) is 3.97. The fraction of sp³-hybridized carbons (Fsp3) is 0.600. The highest BCUT2D eigenvalue weighted by Gasteiger charge is 2.08. The lowest BCUT2D eigenvalue weighted by molar-refractivity contribution is 0.0696. The van der Waals surface area contributed by atoms with Gasteiger partial charge in [0.15, 0.2) is 0 Å². The summed E-state index contributed by atoms with van der Waals surface area (Å²) in [5, 5.41) is 13.9. The van der Waals surface area contributed by atoms with Gasteiger partial charge in [-0.1, -0.05) is 20.3 Å². The van der Waals surface area contributed by atoms with Gasteiger partial charge in [-0.05, 0) is 12.5 Å². The number of hydrogen-bond acceptors (Lipinski definition) is 4. The van der Waals surface area contributed by atoms with E-state index < -0.39 is 5.97 Å². The van der Waals surface area contributed by atoms with E-state index in [1.807, 2.05) is 0 Å². The largest absolute Gasteiger partial charge is 0.476 e. The Morgan fingerprint density at radius 2 is 2.47 bits per heavy atom. The number of hydrogen-bond donors (Lipinski definition) is 2. The summed E-state index contributed by atoms with van der Waals surface area (Å²) in [5.41, 5.74) is 0.806. The van der Waals surface area contributed by atoms with Crippen molar-refractivity contribution in [1.82, 2.24) is 10.3 Å². The first-order chi connectivity index (χ1) is 7.13. The van der Waals surface area contributed by atoms with Crippen LogP contribution in [-0.4, -0.2) is 22.6 Å². The molecule has 0 spiro atoms. The first kappa shape index (κ1) is 12.1. The highest BCUT2D eigenvalue weighted by Crippen LogP contribution is 2.09. The number of aromatic nitrogens is 1. The number of thiazole rings is 1. The molecule has 84 valence electrons. The molecule has 1 unspecified atom stereocenters. The zero-order valence-electron chi connectivity index (χ0n) is 8.99. The lowest BCUT2D eigenvalue weighted by Gasteiger charge is -2.08. The molecule has 0 saturated heterocycles. The third-order valence-corrected chi connectivity index (χ3v) is 3.11. The van der Waals surface area contributed by atoms with Crippen molar-refractivity contribution in [3.8, 4) is 0 Å². The molecular formula is C10H16N2O2S. The Balaban J connectivity index is 2.35. The van der Waals surface area contributed by atoms with Crippen molar-refractivity contribution < 1.29 is 9.90 Å². The molecule has 0 aliphatic heterocycles. The Labute approximate surface area is 93.4 Å². The van der Waals surface area contributed by atoms with Gasteiger partial charge in [-0.15, -0.1) is 11.3 Å². The van der Waals surface area contributed by atoms with E-state index in [4.69, 9.17) is 5.11 Å². The Morgan fingerprint density at radius 3 is 3.00 bits per heavy atom. The van der Waals surface area contributed by atoms with Crippen LogP contribution >= 0.6 is 11.3 Å². The fourth-order valence-electron chi connectivity index (χ4n) is 1.08. The summed E-state index contributed by atoms with van der Waals surface area (Å²) in [6, 6.07) is 0. The van der Waals surface area contributed by atoms with Crippen LogP contribution in [0.4, 0.5) is 0 Å². The van der Waals surface area contributed by atoms with Crippen molar-refractivity contribution in [2.45, 2.75) is 26.8 Å². The molecule has 1 heterocycles. The van der Waals surface area contributed by atoms with Gasteiger partial charge in [0.1, 0.15) is 0 Å². The fourth-order valence-corrected chi connectivity index (χ4v) is 1.73. The van der Waals surface area contributed by atoms with Crippen molar-refractivity contribution in [3.05, 3.63) is 16.1 Å². The molecule has 1 rings (SSSR count). The number of rotatable bonds is 6. The molecule has 0 aliphatic rings. The highest BCUT2D eigenvalue weighted by molar-refractivity contribution is 7.11. The number of nitrogens with one attached hydrogen (secondary N) is 1. The minimum Gasteiger partial charge on any atom is -0.476 e. The SMILES string of the molecule is CCC(C)CNCc1csc(C(=O)O)n1. The van der Waals surface area contributed by atoms with E-state index in [0.29, 0.717) is 12.5 Å². The number of nitrogens with zero attached hydrogens (tertiary/aromatic N) is 1. The van der Waals surface area contributed by atoms with E-state index in [-0.39, 0.29) is 5.01 Å². The Bertz CT molecular complexity index is 325. The summed E-state index contributed by atoms with van der Waals surface area (Å²) >= 11 is 1.17. The molecule has 1 aromatic rings. The quantitative estimate of drug-likeness (QED) is 0.781. The summed E-state index contributed by atoms with van der Waals surface area (Å²) in [7, 11) is 0. The third-order valence-electron chi connectivity index (χ3n) is 2.23. The lowest BCUT2D eigenvalue weighted by Crippen LogP contribution is -2.20. The van der Waals surface area contributed by atoms with Crippen LogP contribution in [0.3, 0.4) is 0 Å². The Morgan fingerprint density at radius 1 is 1.73 bits per heavy atom. The van der Waals surface area contributed by atoms with Crippen molar-refractivity contribution >= 4 is 17.3 Å². The van der Waals surface area contributed by atoms with Crippen LogP contribution < -0.4 is 5.32 Å². The molecule has 15 heavy (non-hydrogen) atoms. The first-order valence-corrected chi connectivity index (χ1v) is 5.89. The van der Waals surface area contributed by atoms with Gasteiger partial charge in [0.05, 0.1) is 5.69 Å². The van der Waals surface area contributed by atoms with Crippen LogP contribution in [0.15, 0.2) is 5.38 Å².